The molecule has 0 spiro atoms. The van der Waals surface area contributed by atoms with E-state index in [0.717, 1.165) is 42.7 Å². The molecular weight excluding hydrogens is 436 g/mol. The highest BCUT2D eigenvalue weighted by molar-refractivity contribution is 5.78. The van der Waals surface area contributed by atoms with Crippen LogP contribution in [-0.2, 0) is 33.1 Å². The largest absolute Gasteiger partial charge is 0.330 e. The molecule has 3 aromatic heterocycles. The highest BCUT2D eigenvalue weighted by Gasteiger charge is 2.20. The molecule has 1 aliphatic heterocycles. The predicted molar refractivity (Wildman–Crippen MR) is 137 cm³/mol. The topological polar surface area (TPSA) is 79.7 Å². The van der Waals surface area contributed by atoms with E-state index in [2.05, 4.69) is 48.9 Å². The molecule has 0 atom stereocenters. The summed E-state index contributed by atoms with van der Waals surface area (Å²) in [7, 11) is 1.76. The number of pyridine rings is 2. The molecule has 35 heavy (non-hydrogen) atoms. The number of fused-ring (bicyclic) bond motifs is 2. The highest BCUT2D eigenvalue weighted by atomic mass is 16.1. The molecule has 1 aromatic carbocycles. The third-order valence-electron chi connectivity index (χ3n) is 6.54. The fourth-order valence-corrected chi connectivity index (χ4v) is 4.87. The zero-order valence-electron chi connectivity index (χ0n) is 20.7. The maximum Gasteiger partial charge on any atom is 0.330 e. The number of benzene rings is 1. The van der Waals surface area contributed by atoms with E-state index in [9.17, 15) is 10.1 Å². The van der Waals surface area contributed by atoms with Crippen molar-refractivity contribution in [2.45, 2.75) is 46.8 Å². The van der Waals surface area contributed by atoms with E-state index < -0.39 is 0 Å². The van der Waals surface area contributed by atoms with Crippen LogP contribution >= 0.6 is 0 Å². The minimum absolute atomic E-state index is 0.0376. The molecule has 178 valence electrons. The summed E-state index contributed by atoms with van der Waals surface area (Å²) in [5, 5.41) is 9.79. The first kappa shape index (κ1) is 23.0. The number of nitrogens with zero attached hydrogens (tertiary/aromatic N) is 6. The monoisotopic (exact) mass is 466 g/mol. The number of hydrogen-bond donors (Lipinski definition) is 0. The Morgan fingerprint density at radius 2 is 1.97 bits per heavy atom. The summed E-state index contributed by atoms with van der Waals surface area (Å²) in [5.41, 5.74) is 7.00. The average Bonchev–Trinajstić information content (AvgIpc) is 3.07. The number of rotatable bonds is 4. The minimum Gasteiger partial charge on any atom is -0.294 e. The van der Waals surface area contributed by atoms with Gasteiger partial charge >= 0.3 is 5.69 Å². The Balaban J connectivity index is 1.49. The fourth-order valence-electron chi connectivity index (χ4n) is 4.87. The summed E-state index contributed by atoms with van der Waals surface area (Å²) < 4.78 is 3.39. The molecule has 0 N–H and O–H groups in total. The van der Waals surface area contributed by atoms with Crippen molar-refractivity contribution in [2.24, 2.45) is 12.5 Å². The minimum atomic E-state index is -0.0753. The van der Waals surface area contributed by atoms with Crippen LogP contribution in [0.1, 0.15) is 43.2 Å². The lowest BCUT2D eigenvalue weighted by atomic mass is 9.97. The van der Waals surface area contributed by atoms with E-state index in [1.54, 1.807) is 16.2 Å². The van der Waals surface area contributed by atoms with Gasteiger partial charge in [0.05, 0.1) is 22.8 Å². The molecule has 0 saturated carbocycles. The van der Waals surface area contributed by atoms with Crippen molar-refractivity contribution < 1.29 is 0 Å². The smallest absolute Gasteiger partial charge is 0.294 e. The molecule has 0 fully saturated rings. The Morgan fingerprint density at radius 3 is 2.74 bits per heavy atom. The van der Waals surface area contributed by atoms with Crippen LogP contribution in [0.25, 0.3) is 22.4 Å². The Bertz CT molecular complexity index is 1520. The molecule has 4 heterocycles. The van der Waals surface area contributed by atoms with Gasteiger partial charge in [-0.05, 0) is 46.9 Å². The predicted octanol–water partition coefficient (Wildman–Crippen LogP) is 4.27. The second-order valence-electron chi connectivity index (χ2n) is 10.6. The summed E-state index contributed by atoms with van der Waals surface area (Å²) in [6.45, 7) is 9.55. The molecule has 5 rings (SSSR count). The third kappa shape index (κ3) is 4.50. The lowest BCUT2D eigenvalue weighted by Gasteiger charge is -2.28. The van der Waals surface area contributed by atoms with Gasteiger partial charge < -0.3 is 0 Å². The van der Waals surface area contributed by atoms with Crippen LogP contribution in [0.2, 0.25) is 0 Å². The number of imidazole rings is 1. The molecule has 1 aliphatic rings. The van der Waals surface area contributed by atoms with Crippen molar-refractivity contribution >= 4 is 11.2 Å². The second kappa shape index (κ2) is 8.79. The molecule has 4 aromatic rings. The van der Waals surface area contributed by atoms with Crippen molar-refractivity contribution in [3.63, 3.8) is 0 Å². The van der Waals surface area contributed by atoms with Crippen LogP contribution in [0, 0.1) is 16.7 Å². The summed E-state index contributed by atoms with van der Waals surface area (Å²) in [5.74, 6) is 0. The first-order valence-electron chi connectivity index (χ1n) is 12.0. The van der Waals surface area contributed by atoms with E-state index >= 15 is 0 Å². The van der Waals surface area contributed by atoms with E-state index in [1.165, 1.54) is 11.3 Å². The van der Waals surface area contributed by atoms with Crippen LogP contribution in [-0.4, -0.2) is 30.5 Å². The lowest BCUT2D eigenvalue weighted by Crippen LogP contribution is -2.30. The Kier molecular flexibility index (Phi) is 5.78. The van der Waals surface area contributed by atoms with Gasteiger partial charge in [-0.25, -0.2) is 9.78 Å². The van der Waals surface area contributed by atoms with E-state index in [0.29, 0.717) is 23.4 Å². The maximum absolute atomic E-state index is 12.9. The quantitative estimate of drug-likeness (QED) is 0.449. The van der Waals surface area contributed by atoms with Gasteiger partial charge in [0.2, 0.25) is 0 Å². The lowest BCUT2D eigenvalue weighted by molar-refractivity contribution is 0.243. The zero-order valence-corrected chi connectivity index (χ0v) is 20.7. The van der Waals surface area contributed by atoms with Gasteiger partial charge in [0.25, 0.3) is 0 Å². The van der Waals surface area contributed by atoms with E-state index in [4.69, 9.17) is 4.98 Å². The van der Waals surface area contributed by atoms with Gasteiger partial charge in [-0.1, -0.05) is 32.9 Å². The SMILES string of the molecule is Cn1c(=O)n(CC(C)(C)C)c2ccc(-c3cc(CN4CCc5ncccc5C4)ccc3C#N)nc21. The van der Waals surface area contributed by atoms with Gasteiger partial charge in [-0.15, -0.1) is 0 Å². The summed E-state index contributed by atoms with van der Waals surface area (Å²) in [6, 6.07) is 16.3. The molecule has 0 amide bonds. The molecule has 0 radical (unpaired) electrons. The van der Waals surface area contributed by atoms with Gasteiger partial charge in [-0.2, -0.15) is 5.26 Å². The first-order valence-corrected chi connectivity index (χ1v) is 12.0. The third-order valence-corrected chi connectivity index (χ3v) is 6.54. The molecule has 7 nitrogen and oxygen atoms in total. The van der Waals surface area contributed by atoms with Crippen molar-refractivity contribution in [2.75, 3.05) is 6.54 Å². The summed E-state index contributed by atoms with van der Waals surface area (Å²) in [4.78, 5) is 24.7. The highest BCUT2D eigenvalue weighted by Crippen LogP contribution is 2.27. The van der Waals surface area contributed by atoms with Crippen LogP contribution in [0.15, 0.2) is 53.5 Å². The van der Waals surface area contributed by atoms with Crippen LogP contribution in [0.3, 0.4) is 0 Å². The summed E-state index contributed by atoms with van der Waals surface area (Å²) in [6.07, 6.45) is 2.80. The van der Waals surface area contributed by atoms with Crippen molar-refractivity contribution in [1.82, 2.24) is 24.0 Å². The number of hydrogen-bond acceptors (Lipinski definition) is 5. The van der Waals surface area contributed by atoms with Crippen molar-refractivity contribution in [1.29, 1.82) is 5.26 Å². The molecule has 0 unspecified atom stereocenters. The van der Waals surface area contributed by atoms with E-state index in [-0.39, 0.29) is 11.1 Å². The molecule has 0 aliphatic carbocycles. The normalized spacial score (nSPS) is 14.1. The van der Waals surface area contributed by atoms with Gasteiger partial charge in [-0.3, -0.25) is 19.0 Å². The number of nitriles is 1. The second-order valence-corrected chi connectivity index (χ2v) is 10.6. The van der Waals surface area contributed by atoms with Crippen LogP contribution < -0.4 is 5.69 Å². The van der Waals surface area contributed by atoms with Crippen molar-refractivity contribution in [3.05, 3.63) is 81.5 Å². The number of aromatic nitrogens is 4. The van der Waals surface area contributed by atoms with Crippen LogP contribution in [0.4, 0.5) is 0 Å². The van der Waals surface area contributed by atoms with Crippen molar-refractivity contribution in [3.8, 4) is 17.3 Å². The molecular formula is C28H30N6O. The molecule has 0 saturated heterocycles. The van der Waals surface area contributed by atoms with E-state index in [1.807, 2.05) is 36.5 Å². The first-order chi connectivity index (χ1) is 16.7. The maximum atomic E-state index is 12.9. The summed E-state index contributed by atoms with van der Waals surface area (Å²) >= 11 is 0. The zero-order chi connectivity index (χ0) is 24.7. The van der Waals surface area contributed by atoms with Gasteiger partial charge in [0.1, 0.15) is 0 Å². The Labute approximate surface area is 205 Å². The standard InChI is InChI=1S/C28H30N6O/c1-28(2,3)18-34-25-10-9-24(31-26(25)32(4)27(34)35)22-14-19(7-8-20(22)15-29)16-33-13-11-23-21(17-33)6-5-12-30-23/h5-10,12,14H,11,13,16-18H2,1-4H3. The van der Waals surface area contributed by atoms with Gasteiger partial charge in [0.15, 0.2) is 5.65 Å². The van der Waals surface area contributed by atoms with Gasteiger partial charge in [0, 0.05) is 57.1 Å². The fraction of sp³-hybridized carbons (Fsp3) is 0.357. The van der Waals surface area contributed by atoms with Crippen LogP contribution in [0.5, 0.6) is 0 Å². The number of aryl methyl sites for hydroxylation is 1. The average molecular weight is 467 g/mol. The molecule has 0 bridgehead atoms. The Morgan fingerprint density at radius 1 is 1.14 bits per heavy atom. The Hall–Kier alpha value is -3.76. The molecule has 7 heteroatoms.